The quantitative estimate of drug-likeness (QED) is 0.351. The zero-order chi connectivity index (χ0) is 19.7. The third kappa shape index (κ3) is 15.0. The molecule has 0 aliphatic carbocycles. The van der Waals surface area contributed by atoms with Gasteiger partial charge in [-0.3, -0.25) is 4.52 Å². The summed E-state index contributed by atoms with van der Waals surface area (Å²) < 4.78 is 37.9. The van der Waals surface area contributed by atoms with Gasteiger partial charge in [-0.2, -0.15) is 4.31 Å². The van der Waals surface area contributed by atoms with Crippen molar-refractivity contribution in [1.82, 2.24) is 0 Å². The van der Waals surface area contributed by atoms with Crippen LogP contribution in [0.25, 0.3) is 0 Å². The van der Waals surface area contributed by atoms with Crippen LogP contribution in [-0.4, -0.2) is 21.3 Å². The molecule has 0 saturated carbocycles. The Balaban J connectivity index is 4.41. The predicted octanol–water partition coefficient (Wildman–Crippen LogP) is 4.63. The van der Waals surface area contributed by atoms with Crippen LogP contribution < -0.4 is 0 Å². The molecule has 0 bridgehead atoms. The number of phosphoric acid groups is 2. The highest BCUT2D eigenvalue weighted by Crippen LogP contribution is 2.57. The molecule has 0 aliphatic heterocycles. The van der Waals surface area contributed by atoms with Crippen molar-refractivity contribution in [3.8, 4) is 0 Å². The fourth-order valence-electron chi connectivity index (χ4n) is 1.63. The molecule has 2 unspecified atom stereocenters. The molecule has 0 aliphatic rings. The van der Waals surface area contributed by atoms with Gasteiger partial charge in [-0.1, -0.05) is 34.9 Å². The Hall–Kier alpha value is -0.520. The SMILES string of the molecule is [3H]C(/C=C(\C)CCC=C(C)C)C/C(C)=C/COP(=O)(O)OP(=O)(O)O. The molecule has 24 heavy (non-hydrogen) atoms. The van der Waals surface area contributed by atoms with Crippen molar-refractivity contribution in [2.75, 3.05) is 6.61 Å². The molecule has 0 aromatic heterocycles. The molecule has 0 rings (SSSR count). The van der Waals surface area contributed by atoms with Gasteiger partial charge in [0, 0.05) is 1.37 Å². The first-order valence-electron chi connectivity index (χ1n) is 8.01. The Labute approximate surface area is 145 Å². The van der Waals surface area contributed by atoms with E-state index in [2.05, 4.69) is 14.9 Å². The second-order valence-electron chi connectivity index (χ2n) is 5.66. The molecule has 7 nitrogen and oxygen atoms in total. The smallest absolute Gasteiger partial charge is 0.302 e. The summed E-state index contributed by atoms with van der Waals surface area (Å²) in [6, 6.07) is 0. The van der Waals surface area contributed by atoms with Gasteiger partial charge in [0.15, 0.2) is 0 Å². The Morgan fingerprint density at radius 1 is 1.00 bits per heavy atom. The van der Waals surface area contributed by atoms with E-state index >= 15 is 0 Å². The van der Waals surface area contributed by atoms with Crippen LogP contribution in [0.4, 0.5) is 0 Å². The predicted molar refractivity (Wildman–Crippen MR) is 94.3 cm³/mol. The van der Waals surface area contributed by atoms with E-state index < -0.39 is 22.0 Å². The molecule has 0 spiro atoms. The van der Waals surface area contributed by atoms with Gasteiger partial charge in [-0.25, -0.2) is 9.13 Å². The zero-order valence-corrected chi connectivity index (χ0v) is 16.3. The lowest BCUT2D eigenvalue weighted by Gasteiger charge is -2.11. The van der Waals surface area contributed by atoms with E-state index in [4.69, 9.17) is 16.1 Å². The van der Waals surface area contributed by atoms with Crippen molar-refractivity contribution in [3.05, 3.63) is 34.9 Å². The number of phosphoric ester groups is 1. The molecule has 0 radical (unpaired) electrons. The third-order valence-electron chi connectivity index (χ3n) is 2.81. The first-order chi connectivity index (χ1) is 11.3. The van der Waals surface area contributed by atoms with Crippen LogP contribution >= 0.6 is 15.6 Å². The van der Waals surface area contributed by atoms with Crippen LogP contribution in [0.3, 0.4) is 0 Å². The van der Waals surface area contributed by atoms with Crippen molar-refractivity contribution in [3.63, 3.8) is 0 Å². The van der Waals surface area contributed by atoms with Crippen molar-refractivity contribution in [2.24, 2.45) is 0 Å². The molecule has 0 saturated heterocycles. The average Bonchev–Trinajstić information content (AvgIpc) is 2.33. The average molecular weight is 384 g/mol. The largest absolute Gasteiger partial charge is 0.481 e. The number of allylic oxidation sites excluding steroid dienone is 5. The van der Waals surface area contributed by atoms with Gasteiger partial charge in [0.05, 0.1) is 6.61 Å². The molecular weight excluding hydrogens is 354 g/mol. The van der Waals surface area contributed by atoms with Crippen molar-refractivity contribution in [2.45, 2.75) is 53.4 Å². The maximum Gasteiger partial charge on any atom is 0.481 e. The van der Waals surface area contributed by atoms with Crippen LogP contribution in [0.1, 0.15) is 54.7 Å². The fourth-order valence-corrected chi connectivity index (χ4v) is 3.16. The first kappa shape index (κ1) is 21.5. The Morgan fingerprint density at radius 3 is 2.12 bits per heavy atom. The summed E-state index contributed by atoms with van der Waals surface area (Å²) in [5, 5.41) is 0. The van der Waals surface area contributed by atoms with Crippen LogP contribution in [0, 0.1) is 0 Å². The maximum atomic E-state index is 11.3. The minimum Gasteiger partial charge on any atom is -0.302 e. The van der Waals surface area contributed by atoms with E-state index in [9.17, 15) is 9.13 Å². The highest BCUT2D eigenvalue weighted by atomic mass is 31.3. The van der Waals surface area contributed by atoms with Gasteiger partial charge in [0.25, 0.3) is 0 Å². The lowest BCUT2D eigenvalue weighted by Crippen LogP contribution is -1.94. The van der Waals surface area contributed by atoms with Gasteiger partial charge < -0.3 is 14.7 Å². The summed E-state index contributed by atoms with van der Waals surface area (Å²) in [7, 11) is -9.93. The minimum absolute atomic E-state index is 0.352. The van der Waals surface area contributed by atoms with Crippen molar-refractivity contribution < 1.29 is 34.0 Å². The van der Waals surface area contributed by atoms with Crippen LogP contribution in [0.5, 0.6) is 0 Å². The maximum absolute atomic E-state index is 11.3. The number of hydrogen-bond acceptors (Lipinski definition) is 4. The molecule has 0 aromatic rings. The normalized spacial score (nSPS) is 17.9. The van der Waals surface area contributed by atoms with E-state index in [-0.39, 0.29) is 6.61 Å². The molecule has 3 N–H and O–H groups in total. The first-order valence-corrected chi connectivity index (χ1v) is 10.5. The number of hydrogen-bond donors (Lipinski definition) is 3. The highest BCUT2D eigenvalue weighted by molar-refractivity contribution is 7.60. The van der Waals surface area contributed by atoms with Gasteiger partial charge in [-0.15, -0.1) is 0 Å². The molecule has 0 fully saturated rings. The Morgan fingerprint density at radius 2 is 1.58 bits per heavy atom. The molecule has 0 amide bonds. The summed E-state index contributed by atoms with van der Waals surface area (Å²) in [5.74, 6) is 0. The second-order valence-corrected chi connectivity index (χ2v) is 8.49. The molecule has 2 atom stereocenters. The minimum atomic E-state index is -5.11. The second kappa shape index (κ2) is 11.2. The van der Waals surface area contributed by atoms with Gasteiger partial charge in [0.2, 0.25) is 0 Å². The Bertz CT molecular complexity index is 603. The van der Waals surface area contributed by atoms with E-state index in [1.807, 2.05) is 26.8 Å². The lowest BCUT2D eigenvalue weighted by atomic mass is 10.1. The van der Waals surface area contributed by atoms with E-state index in [1.165, 1.54) is 11.6 Å². The van der Waals surface area contributed by atoms with Crippen LogP contribution in [0.15, 0.2) is 34.9 Å². The third-order valence-corrected chi connectivity index (χ3v) is 4.96. The molecule has 0 heterocycles. The van der Waals surface area contributed by atoms with Gasteiger partial charge >= 0.3 is 15.6 Å². The van der Waals surface area contributed by atoms with Crippen molar-refractivity contribution in [1.29, 1.82) is 0 Å². The number of rotatable bonds is 11. The summed E-state index contributed by atoms with van der Waals surface area (Å²) in [4.78, 5) is 26.1. The summed E-state index contributed by atoms with van der Waals surface area (Å²) in [5.41, 5.74) is 3.14. The summed E-state index contributed by atoms with van der Waals surface area (Å²) >= 11 is 0. The van der Waals surface area contributed by atoms with Crippen LogP contribution in [-0.2, 0) is 18.0 Å². The lowest BCUT2D eigenvalue weighted by molar-refractivity contribution is 0.191. The zero-order valence-electron chi connectivity index (χ0n) is 15.5. The van der Waals surface area contributed by atoms with Crippen molar-refractivity contribution >= 4 is 15.6 Å². The summed E-state index contributed by atoms with van der Waals surface area (Å²) in [6.07, 6.45) is 7.27. The Kier molecular flexibility index (Phi) is 10.0. The van der Waals surface area contributed by atoms with E-state index in [0.717, 1.165) is 24.0 Å². The summed E-state index contributed by atoms with van der Waals surface area (Å²) in [6.45, 7) is 7.44. The monoisotopic (exact) mass is 384 g/mol. The topological polar surface area (TPSA) is 113 Å². The molecule has 140 valence electrons. The standard InChI is InChI=1S/C15H28O7P2/c1-13(2)7-5-8-14(3)9-6-10-15(4)11-12-21-24(19,20)22-23(16,17)18/h7,9,11H,5-6,8,10,12H2,1-4H3,(H,19,20)(H2,16,17,18)/b14-9+,15-11+/i6T. The van der Waals surface area contributed by atoms with E-state index in [0.29, 0.717) is 6.42 Å². The van der Waals surface area contributed by atoms with Crippen LogP contribution in [0.2, 0.25) is 0 Å². The molecule has 9 heteroatoms. The molecule has 0 aromatic carbocycles. The molecular formula is C15H28O7P2. The van der Waals surface area contributed by atoms with E-state index in [1.54, 1.807) is 6.92 Å². The van der Waals surface area contributed by atoms with Gasteiger partial charge in [0.1, 0.15) is 0 Å². The fraction of sp³-hybridized carbons (Fsp3) is 0.600. The van der Waals surface area contributed by atoms with Gasteiger partial charge in [-0.05, 0) is 53.4 Å². The highest BCUT2D eigenvalue weighted by Gasteiger charge is 2.31.